The first-order valence-corrected chi connectivity index (χ1v) is 13.1. The summed E-state index contributed by atoms with van der Waals surface area (Å²) in [5.41, 5.74) is 2.15. The number of aliphatic hydroxyl groups excluding tert-OH is 1. The van der Waals surface area contributed by atoms with Gasteiger partial charge in [-0.3, -0.25) is 19.5 Å². The van der Waals surface area contributed by atoms with Gasteiger partial charge in [0.1, 0.15) is 11.5 Å². The van der Waals surface area contributed by atoms with E-state index >= 15 is 0 Å². The number of methoxy groups -OCH3 is 1. The summed E-state index contributed by atoms with van der Waals surface area (Å²) in [5, 5.41) is 11.6. The molecule has 1 saturated heterocycles. The zero-order valence-electron chi connectivity index (χ0n) is 23.6. The molecule has 0 bridgehead atoms. The number of esters is 1. The summed E-state index contributed by atoms with van der Waals surface area (Å²) in [7, 11) is 1.48. The number of benzene rings is 2. The molecule has 3 aromatic rings. The molecule has 0 saturated carbocycles. The number of Topliss-reactive ketones (excluding diaryl/α,β-unsaturated/α-hetero) is 1. The smallest absolute Gasteiger partial charge is 0.338 e. The number of nitrogens with zero attached hydrogens (tertiary/aromatic N) is 2. The number of pyridine rings is 1. The fraction of sp³-hybridized carbons (Fsp3) is 0.312. The van der Waals surface area contributed by atoms with Gasteiger partial charge in [0, 0.05) is 18.1 Å². The molecule has 1 aliphatic rings. The highest BCUT2D eigenvalue weighted by molar-refractivity contribution is 6.51. The number of rotatable bonds is 7. The second kappa shape index (κ2) is 11.3. The van der Waals surface area contributed by atoms with Crippen LogP contribution in [0.25, 0.3) is 5.76 Å². The molecule has 0 spiro atoms. The molecule has 0 radical (unpaired) electrons. The van der Waals surface area contributed by atoms with Crippen molar-refractivity contribution >= 4 is 29.1 Å². The first-order valence-electron chi connectivity index (χ1n) is 13.1. The largest absolute Gasteiger partial charge is 0.507 e. The van der Waals surface area contributed by atoms with E-state index in [-0.39, 0.29) is 29.3 Å². The van der Waals surface area contributed by atoms with Crippen molar-refractivity contribution in [3.8, 4) is 5.75 Å². The number of amides is 1. The lowest BCUT2D eigenvalue weighted by molar-refractivity contribution is -0.132. The third-order valence-corrected chi connectivity index (χ3v) is 6.69. The van der Waals surface area contributed by atoms with Crippen LogP contribution in [0.4, 0.5) is 5.69 Å². The second-order valence-corrected chi connectivity index (χ2v) is 11.2. The van der Waals surface area contributed by atoms with Crippen molar-refractivity contribution in [2.45, 2.75) is 46.1 Å². The van der Waals surface area contributed by atoms with Gasteiger partial charge in [-0.05, 0) is 64.9 Å². The Morgan fingerprint density at radius 1 is 1.07 bits per heavy atom. The number of hydrogen-bond acceptors (Lipinski definition) is 7. The Labute approximate surface area is 234 Å². The molecule has 1 unspecified atom stereocenters. The topological polar surface area (TPSA) is 106 Å². The van der Waals surface area contributed by atoms with Crippen molar-refractivity contribution < 1.29 is 29.0 Å². The van der Waals surface area contributed by atoms with Gasteiger partial charge in [0.25, 0.3) is 11.7 Å². The van der Waals surface area contributed by atoms with E-state index in [2.05, 4.69) is 4.98 Å². The molecule has 1 fully saturated rings. The predicted octanol–water partition coefficient (Wildman–Crippen LogP) is 5.83. The van der Waals surface area contributed by atoms with Gasteiger partial charge in [-0.25, -0.2) is 4.79 Å². The van der Waals surface area contributed by atoms with E-state index in [9.17, 15) is 19.5 Å². The van der Waals surface area contributed by atoms with Gasteiger partial charge >= 0.3 is 5.97 Å². The Balaban J connectivity index is 1.85. The van der Waals surface area contributed by atoms with E-state index in [4.69, 9.17) is 9.47 Å². The summed E-state index contributed by atoms with van der Waals surface area (Å²) in [6, 6.07) is 14.2. The molecule has 1 amide bonds. The van der Waals surface area contributed by atoms with Crippen LogP contribution in [0.1, 0.15) is 67.7 Å². The summed E-state index contributed by atoms with van der Waals surface area (Å²) >= 11 is 0. The van der Waals surface area contributed by atoms with Crippen LogP contribution in [0.5, 0.6) is 5.75 Å². The Bertz CT molecular complexity index is 1450. The molecule has 40 heavy (non-hydrogen) atoms. The van der Waals surface area contributed by atoms with E-state index in [0.717, 1.165) is 5.56 Å². The third-order valence-electron chi connectivity index (χ3n) is 6.69. The number of aromatic nitrogens is 1. The van der Waals surface area contributed by atoms with Gasteiger partial charge in [0.2, 0.25) is 0 Å². The Hall–Kier alpha value is -4.46. The minimum absolute atomic E-state index is 0.0808. The second-order valence-electron chi connectivity index (χ2n) is 11.2. The molecular formula is C32H34N2O6. The lowest BCUT2D eigenvalue weighted by Gasteiger charge is -2.26. The van der Waals surface area contributed by atoms with Gasteiger partial charge in [-0.1, -0.05) is 46.8 Å². The molecule has 8 nitrogen and oxygen atoms in total. The fourth-order valence-corrected chi connectivity index (χ4v) is 4.54. The molecule has 8 heteroatoms. The van der Waals surface area contributed by atoms with Crippen molar-refractivity contribution in [1.29, 1.82) is 0 Å². The molecule has 0 aliphatic carbocycles. The molecule has 1 N–H and O–H groups in total. The lowest BCUT2D eigenvalue weighted by atomic mass is 9.85. The molecule has 208 valence electrons. The Morgan fingerprint density at radius 3 is 2.35 bits per heavy atom. The monoisotopic (exact) mass is 542 g/mol. The van der Waals surface area contributed by atoms with Crippen LogP contribution in [0.3, 0.4) is 0 Å². The Morgan fingerprint density at radius 2 is 1.77 bits per heavy atom. The van der Waals surface area contributed by atoms with E-state index in [1.54, 1.807) is 60.9 Å². The fourth-order valence-electron chi connectivity index (χ4n) is 4.54. The zero-order chi connectivity index (χ0) is 29.2. The van der Waals surface area contributed by atoms with Gasteiger partial charge in [-0.15, -0.1) is 0 Å². The number of ketones is 1. The third kappa shape index (κ3) is 5.61. The SMILES string of the molecule is COc1ccc(C(C)(C)C)cc1/C(O)=C1\C(=O)C(=O)N(c2ccc(C(=O)OCC(C)C)cc2)C1c1cccnc1. The first-order chi connectivity index (χ1) is 18.9. The average Bonchev–Trinajstić information content (AvgIpc) is 3.21. The number of hydrogen-bond donors (Lipinski definition) is 1. The van der Waals surface area contributed by atoms with E-state index in [1.807, 2.05) is 40.7 Å². The van der Waals surface area contributed by atoms with Gasteiger partial charge in [-0.2, -0.15) is 0 Å². The maximum Gasteiger partial charge on any atom is 0.338 e. The number of carbonyl (C=O) groups excluding carboxylic acids is 3. The van der Waals surface area contributed by atoms with E-state index < -0.39 is 23.7 Å². The number of ether oxygens (including phenoxy) is 2. The lowest BCUT2D eigenvalue weighted by Crippen LogP contribution is -2.29. The van der Waals surface area contributed by atoms with Gasteiger partial charge in [0.15, 0.2) is 0 Å². The molecular weight excluding hydrogens is 508 g/mol. The maximum absolute atomic E-state index is 13.5. The zero-order valence-corrected chi connectivity index (χ0v) is 23.6. The van der Waals surface area contributed by atoms with Crippen LogP contribution in [0, 0.1) is 5.92 Å². The Kier molecular flexibility index (Phi) is 8.09. The van der Waals surface area contributed by atoms with Gasteiger partial charge < -0.3 is 14.6 Å². The van der Waals surface area contributed by atoms with Crippen molar-refractivity contribution in [2.24, 2.45) is 5.92 Å². The summed E-state index contributed by atoms with van der Waals surface area (Å²) in [4.78, 5) is 45.0. The number of anilines is 1. The molecule has 1 atom stereocenters. The van der Waals surface area contributed by atoms with Crippen LogP contribution in [0.2, 0.25) is 0 Å². The highest BCUT2D eigenvalue weighted by Crippen LogP contribution is 2.43. The summed E-state index contributed by atoms with van der Waals surface area (Å²) in [5.74, 6) is -1.90. The van der Waals surface area contributed by atoms with E-state index in [1.165, 1.54) is 12.0 Å². The number of carbonyl (C=O) groups is 3. The van der Waals surface area contributed by atoms with Gasteiger partial charge in [0.05, 0.1) is 36.5 Å². The molecule has 4 rings (SSSR count). The molecule has 1 aliphatic heterocycles. The average molecular weight is 543 g/mol. The van der Waals surface area contributed by atoms with Crippen molar-refractivity contribution in [2.75, 3.05) is 18.6 Å². The van der Waals surface area contributed by atoms with Crippen molar-refractivity contribution in [1.82, 2.24) is 4.98 Å². The highest BCUT2D eigenvalue weighted by atomic mass is 16.5. The minimum atomic E-state index is -0.963. The van der Waals surface area contributed by atoms with Crippen LogP contribution in [0.15, 0.2) is 72.6 Å². The quantitative estimate of drug-likeness (QED) is 0.173. The van der Waals surface area contributed by atoms with Crippen molar-refractivity contribution in [3.63, 3.8) is 0 Å². The minimum Gasteiger partial charge on any atom is -0.507 e. The van der Waals surface area contributed by atoms with Crippen LogP contribution in [-0.2, 0) is 19.7 Å². The molecule has 1 aromatic heterocycles. The maximum atomic E-state index is 13.5. The predicted molar refractivity (Wildman–Crippen MR) is 152 cm³/mol. The van der Waals surface area contributed by atoms with Crippen LogP contribution in [-0.4, -0.2) is 41.5 Å². The molecule has 2 aromatic carbocycles. The first kappa shape index (κ1) is 28.5. The molecule has 2 heterocycles. The number of aliphatic hydroxyl groups is 1. The normalized spacial score (nSPS) is 16.9. The standard InChI is InChI=1S/C32H34N2O6/c1-19(2)18-40-31(38)20-9-12-23(13-10-20)34-27(21-8-7-15-33-17-21)26(29(36)30(34)37)28(35)24-16-22(32(3,4)5)11-14-25(24)39-6/h7-17,19,27,35H,18H2,1-6H3/b28-26+. The summed E-state index contributed by atoms with van der Waals surface area (Å²) < 4.78 is 10.8. The summed E-state index contributed by atoms with van der Waals surface area (Å²) in [6.07, 6.45) is 3.14. The van der Waals surface area contributed by atoms with E-state index in [0.29, 0.717) is 28.1 Å². The van der Waals surface area contributed by atoms with Crippen LogP contribution < -0.4 is 9.64 Å². The van der Waals surface area contributed by atoms with Crippen LogP contribution >= 0.6 is 0 Å². The highest BCUT2D eigenvalue weighted by Gasteiger charge is 2.47. The summed E-state index contributed by atoms with van der Waals surface area (Å²) in [6.45, 7) is 10.3. The van der Waals surface area contributed by atoms with Crippen molar-refractivity contribution in [3.05, 3.63) is 94.8 Å².